The molecule has 0 saturated carbocycles. The third-order valence-electron chi connectivity index (χ3n) is 2.84. The number of aryl methyl sites for hydroxylation is 1. The van der Waals surface area contributed by atoms with E-state index in [9.17, 15) is 0 Å². The Morgan fingerprint density at radius 3 is 2.62 bits per heavy atom. The Kier molecular flexibility index (Phi) is 3.06. The fourth-order valence-corrected chi connectivity index (χ4v) is 1.80. The molecule has 2 N–H and O–H groups in total. The first-order valence-corrected chi connectivity index (χ1v) is 5.54. The summed E-state index contributed by atoms with van der Waals surface area (Å²) in [7, 11) is 0. The summed E-state index contributed by atoms with van der Waals surface area (Å²) < 4.78 is 1.91. The fourth-order valence-electron chi connectivity index (χ4n) is 1.80. The van der Waals surface area contributed by atoms with Crippen molar-refractivity contribution in [3.63, 3.8) is 0 Å². The molecule has 16 heavy (non-hydrogen) atoms. The highest BCUT2D eigenvalue weighted by Gasteiger charge is 2.11. The maximum atomic E-state index is 5.68. The number of nitrogens with zero attached hydrogens (tertiary/aromatic N) is 2. The molecule has 0 amide bonds. The number of hydrogen-bond donors (Lipinski definition) is 1. The van der Waals surface area contributed by atoms with Crippen LogP contribution < -0.4 is 5.73 Å². The predicted molar refractivity (Wildman–Crippen MR) is 65.8 cm³/mol. The van der Waals surface area contributed by atoms with E-state index in [0.717, 1.165) is 11.4 Å². The average Bonchev–Trinajstić information content (AvgIpc) is 2.71. The molecular weight excluding hydrogens is 198 g/mol. The van der Waals surface area contributed by atoms with E-state index in [-0.39, 0.29) is 0 Å². The third-order valence-corrected chi connectivity index (χ3v) is 2.84. The molecule has 0 bridgehead atoms. The van der Waals surface area contributed by atoms with Crippen LogP contribution in [-0.2, 0) is 0 Å². The van der Waals surface area contributed by atoms with Crippen molar-refractivity contribution in [1.29, 1.82) is 0 Å². The average molecular weight is 215 g/mol. The van der Waals surface area contributed by atoms with Crippen molar-refractivity contribution < 1.29 is 0 Å². The predicted octanol–water partition coefficient (Wildman–Crippen LogP) is 2.24. The summed E-state index contributed by atoms with van der Waals surface area (Å²) in [5.41, 5.74) is 9.05. The van der Waals surface area contributed by atoms with Crippen molar-refractivity contribution in [2.24, 2.45) is 5.73 Å². The molecule has 0 aliphatic carbocycles. The van der Waals surface area contributed by atoms with Crippen LogP contribution in [0.3, 0.4) is 0 Å². The van der Waals surface area contributed by atoms with Gasteiger partial charge in [0.1, 0.15) is 0 Å². The molecule has 0 fully saturated rings. The van der Waals surface area contributed by atoms with Crippen LogP contribution in [-0.4, -0.2) is 16.3 Å². The summed E-state index contributed by atoms with van der Waals surface area (Å²) in [5.74, 6) is 0.359. The van der Waals surface area contributed by atoms with Gasteiger partial charge >= 0.3 is 0 Å². The van der Waals surface area contributed by atoms with Crippen molar-refractivity contribution >= 4 is 0 Å². The van der Waals surface area contributed by atoms with Crippen LogP contribution in [0.15, 0.2) is 36.5 Å². The van der Waals surface area contributed by atoms with E-state index >= 15 is 0 Å². The quantitative estimate of drug-likeness (QED) is 0.853. The van der Waals surface area contributed by atoms with Gasteiger partial charge in [0.25, 0.3) is 0 Å². The lowest BCUT2D eigenvalue weighted by molar-refractivity contribution is 0.768. The van der Waals surface area contributed by atoms with E-state index in [0.29, 0.717) is 12.5 Å². The molecule has 0 spiro atoms. The van der Waals surface area contributed by atoms with Gasteiger partial charge in [-0.15, -0.1) is 0 Å². The minimum absolute atomic E-state index is 0.359. The SMILES string of the molecule is Cc1nn(-c2ccccc2)cc1C(C)CN. The van der Waals surface area contributed by atoms with Gasteiger partial charge in [0.05, 0.1) is 11.4 Å². The third kappa shape index (κ3) is 1.99. The van der Waals surface area contributed by atoms with Crippen LogP contribution in [0.5, 0.6) is 0 Å². The first-order valence-electron chi connectivity index (χ1n) is 5.54. The van der Waals surface area contributed by atoms with Gasteiger partial charge < -0.3 is 5.73 Å². The minimum Gasteiger partial charge on any atom is -0.330 e. The molecule has 2 rings (SSSR count). The Morgan fingerprint density at radius 1 is 1.31 bits per heavy atom. The number of hydrogen-bond acceptors (Lipinski definition) is 2. The summed E-state index contributed by atoms with van der Waals surface area (Å²) in [6.45, 7) is 4.81. The Bertz CT molecular complexity index is 459. The molecule has 3 heteroatoms. The van der Waals surface area contributed by atoms with Crippen LogP contribution in [0.25, 0.3) is 5.69 Å². The summed E-state index contributed by atoms with van der Waals surface area (Å²) in [5, 5.41) is 4.51. The van der Waals surface area contributed by atoms with Crippen LogP contribution in [0.2, 0.25) is 0 Å². The molecule has 3 nitrogen and oxygen atoms in total. The molecule has 1 atom stereocenters. The highest BCUT2D eigenvalue weighted by atomic mass is 15.3. The van der Waals surface area contributed by atoms with E-state index in [1.807, 2.05) is 41.9 Å². The van der Waals surface area contributed by atoms with Crippen molar-refractivity contribution in [2.45, 2.75) is 19.8 Å². The zero-order valence-electron chi connectivity index (χ0n) is 9.72. The van der Waals surface area contributed by atoms with E-state index in [1.165, 1.54) is 5.56 Å². The van der Waals surface area contributed by atoms with Crippen molar-refractivity contribution in [2.75, 3.05) is 6.54 Å². The van der Waals surface area contributed by atoms with E-state index < -0.39 is 0 Å². The van der Waals surface area contributed by atoms with Crippen LogP contribution in [0.4, 0.5) is 0 Å². The van der Waals surface area contributed by atoms with Gasteiger partial charge in [-0.1, -0.05) is 25.1 Å². The highest BCUT2D eigenvalue weighted by Crippen LogP contribution is 2.19. The number of nitrogens with two attached hydrogens (primary N) is 1. The molecule has 1 aromatic carbocycles. The van der Waals surface area contributed by atoms with E-state index in [4.69, 9.17) is 5.73 Å². The number of para-hydroxylation sites is 1. The van der Waals surface area contributed by atoms with Gasteiger partial charge in [-0.25, -0.2) is 4.68 Å². The van der Waals surface area contributed by atoms with Gasteiger partial charge in [-0.3, -0.25) is 0 Å². The summed E-state index contributed by atoms with van der Waals surface area (Å²) in [4.78, 5) is 0. The maximum Gasteiger partial charge on any atom is 0.0645 e. The Labute approximate surface area is 95.9 Å². The second kappa shape index (κ2) is 4.49. The van der Waals surface area contributed by atoms with Gasteiger partial charge in [0.2, 0.25) is 0 Å². The van der Waals surface area contributed by atoms with Gasteiger partial charge in [-0.05, 0) is 37.1 Å². The highest BCUT2D eigenvalue weighted by molar-refractivity contribution is 5.33. The van der Waals surface area contributed by atoms with E-state index in [1.54, 1.807) is 0 Å². The molecule has 0 aliphatic rings. The molecule has 1 aromatic heterocycles. The van der Waals surface area contributed by atoms with Crippen LogP contribution >= 0.6 is 0 Å². The van der Waals surface area contributed by atoms with Crippen LogP contribution in [0, 0.1) is 6.92 Å². The number of aromatic nitrogens is 2. The number of rotatable bonds is 3. The largest absolute Gasteiger partial charge is 0.330 e. The molecule has 1 unspecified atom stereocenters. The lowest BCUT2D eigenvalue weighted by Gasteiger charge is -2.05. The summed E-state index contributed by atoms with van der Waals surface area (Å²) in [6.07, 6.45) is 2.07. The minimum atomic E-state index is 0.359. The molecular formula is C13H17N3. The Balaban J connectivity index is 2.38. The Morgan fingerprint density at radius 2 is 2.00 bits per heavy atom. The van der Waals surface area contributed by atoms with Crippen molar-refractivity contribution in [3.05, 3.63) is 47.8 Å². The smallest absolute Gasteiger partial charge is 0.0645 e. The lowest BCUT2D eigenvalue weighted by atomic mass is 10.0. The summed E-state index contributed by atoms with van der Waals surface area (Å²) in [6, 6.07) is 10.1. The van der Waals surface area contributed by atoms with Crippen LogP contribution in [0.1, 0.15) is 24.1 Å². The molecule has 0 aliphatic heterocycles. The second-order valence-electron chi connectivity index (χ2n) is 4.09. The zero-order valence-corrected chi connectivity index (χ0v) is 9.72. The van der Waals surface area contributed by atoms with Crippen molar-refractivity contribution in [3.8, 4) is 5.69 Å². The normalized spacial score (nSPS) is 12.7. The topological polar surface area (TPSA) is 43.8 Å². The monoisotopic (exact) mass is 215 g/mol. The van der Waals surface area contributed by atoms with Gasteiger partial charge in [0, 0.05) is 6.20 Å². The molecule has 0 saturated heterocycles. The first kappa shape index (κ1) is 10.9. The van der Waals surface area contributed by atoms with Gasteiger partial charge in [-0.2, -0.15) is 5.10 Å². The molecule has 0 radical (unpaired) electrons. The van der Waals surface area contributed by atoms with E-state index in [2.05, 4.69) is 18.2 Å². The maximum absolute atomic E-state index is 5.68. The standard InChI is InChI=1S/C13H17N3/c1-10(8-14)13-9-16(15-11(13)2)12-6-4-3-5-7-12/h3-7,9-10H,8,14H2,1-2H3. The molecule has 84 valence electrons. The molecule has 2 aromatic rings. The molecule has 1 heterocycles. The zero-order chi connectivity index (χ0) is 11.5. The second-order valence-corrected chi connectivity index (χ2v) is 4.09. The van der Waals surface area contributed by atoms with Crippen molar-refractivity contribution in [1.82, 2.24) is 9.78 Å². The Hall–Kier alpha value is -1.61. The fraction of sp³-hybridized carbons (Fsp3) is 0.308. The first-order chi connectivity index (χ1) is 7.72. The number of benzene rings is 1. The van der Waals surface area contributed by atoms with Gasteiger partial charge in [0.15, 0.2) is 0 Å². The lowest BCUT2D eigenvalue weighted by Crippen LogP contribution is -2.09. The summed E-state index contributed by atoms with van der Waals surface area (Å²) >= 11 is 0.